The second-order valence-corrected chi connectivity index (χ2v) is 10.6. The van der Waals surface area contributed by atoms with Crippen LogP contribution in [0.15, 0.2) is 60.7 Å². The Morgan fingerprint density at radius 1 is 1.00 bits per heavy atom. The fourth-order valence-electron chi connectivity index (χ4n) is 2.82. The van der Waals surface area contributed by atoms with Crippen LogP contribution in [0.25, 0.3) is 0 Å². The van der Waals surface area contributed by atoms with Gasteiger partial charge in [-0.3, -0.25) is 0 Å². The Bertz CT molecular complexity index is 1040. The molecule has 0 aliphatic heterocycles. The maximum atomic E-state index is 14.5. The second-order valence-electron chi connectivity index (χ2n) is 6.14. The molecule has 0 saturated heterocycles. The molecule has 142 valence electrons. The van der Waals surface area contributed by atoms with Crippen LogP contribution in [-0.4, -0.2) is 42.7 Å². The number of aromatic nitrogens is 3. The Morgan fingerprint density at radius 3 is 1.89 bits per heavy atom. The molecule has 1 aromatic heterocycles. The van der Waals surface area contributed by atoms with Crippen LogP contribution in [-0.2, 0) is 14.6 Å². The lowest BCUT2D eigenvalue weighted by Gasteiger charge is -2.23. The van der Waals surface area contributed by atoms with Gasteiger partial charge >= 0.3 is 0 Å². The van der Waals surface area contributed by atoms with Crippen molar-refractivity contribution < 1.29 is 13.0 Å². The van der Waals surface area contributed by atoms with Crippen molar-refractivity contribution in [3.8, 4) is 0 Å². The van der Waals surface area contributed by atoms with Gasteiger partial charge in [0.1, 0.15) is 0 Å². The zero-order chi connectivity index (χ0) is 19.7. The normalized spacial score (nSPS) is 12.1. The molecule has 0 N–H and O–H groups in total. The quantitative estimate of drug-likeness (QED) is 0.574. The van der Waals surface area contributed by atoms with E-state index in [4.69, 9.17) is 0 Å². The Hall–Kier alpha value is -2.44. The highest BCUT2D eigenvalue weighted by Gasteiger charge is 2.38. The van der Waals surface area contributed by atoms with Gasteiger partial charge in [0.05, 0.1) is 6.26 Å². The molecule has 0 unspecified atom stereocenters. The zero-order valence-electron chi connectivity index (χ0n) is 15.3. The molecule has 0 bridgehead atoms. The third-order valence-corrected chi connectivity index (χ3v) is 8.10. The van der Waals surface area contributed by atoms with Crippen LogP contribution in [0, 0.1) is 0 Å². The average molecular weight is 404 g/mol. The molecule has 0 spiro atoms. The van der Waals surface area contributed by atoms with E-state index in [2.05, 4.69) is 10.3 Å². The summed E-state index contributed by atoms with van der Waals surface area (Å²) in [4.78, 5) is 1.69. The van der Waals surface area contributed by atoms with Crippen LogP contribution in [0.4, 0.5) is 5.82 Å². The lowest BCUT2D eigenvalue weighted by atomic mass is 10.4. The minimum atomic E-state index is -3.71. The first-order valence-electron chi connectivity index (χ1n) is 8.39. The van der Waals surface area contributed by atoms with Crippen molar-refractivity contribution in [3.05, 3.63) is 60.7 Å². The van der Waals surface area contributed by atoms with Crippen LogP contribution in [0.1, 0.15) is 6.92 Å². The van der Waals surface area contributed by atoms with Crippen molar-refractivity contribution in [1.82, 2.24) is 14.4 Å². The fraction of sp³-hybridized carbons (Fsp3) is 0.222. The highest BCUT2D eigenvalue weighted by Crippen LogP contribution is 2.44. The summed E-state index contributed by atoms with van der Waals surface area (Å²) in [6.07, 6.45) is 1.05. The van der Waals surface area contributed by atoms with Gasteiger partial charge < -0.3 is 9.46 Å². The maximum Gasteiger partial charge on any atom is 0.254 e. The Kier molecular flexibility index (Phi) is 5.22. The van der Waals surface area contributed by atoms with E-state index >= 15 is 0 Å². The fourth-order valence-corrected chi connectivity index (χ4v) is 6.28. The van der Waals surface area contributed by atoms with E-state index in [0.717, 1.165) is 10.3 Å². The summed E-state index contributed by atoms with van der Waals surface area (Å²) in [7, 11) is -5.42. The Morgan fingerprint density at radius 2 is 1.48 bits per heavy atom. The third kappa shape index (κ3) is 3.42. The molecule has 3 rings (SSSR count). The van der Waals surface area contributed by atoms with Crippen molar-refractivity contribution in [2.24, 2.45) is 0 Å². The number of hydrogen-bond donors (Lipinski definition) is 0. The van der Waals surface area contributed by atoms with Crippen molar-refractivity contribution in [1.29, 1.82) is 0 Å². The summed E-state index contributed by atoms with van der Waals surface area (Å²) in [5.41, 5.74) is 0.162. The number of benzene rings is 2. The van der Waals surface area contributed by atoms with E-state index < -0.39 is 17.2 Å². The molecule has 9 heteroatoms. The molecule has 27 heavy (non-hydrogen) atoms. The Balaban J connectivity index is 2.39. The molecule has 0 aliphatic rings. The molecule has 7 nitrogen and oxygen atoms in total. The molecule has 0 radical (unpaired) electrons. The van der Waals surface area contributed by atoms with Gasteiger partial charge in [-0.1, -0.05) is 60.7 Å². The SMILES string of the molecule is CCN(C)c1c(P(=O)(c2ccccc2)c2ccccc2)nnn1S(C)(=O)=O. The van der Waals surface area contributed by atoms with Crippen LogP contribution in [0.3, 0.4) is 0 Å². The number of hydrogen-bond acceptors (Lipinski definition) is 6. The predicted octanol–water partition coefficient (Wildman–Crippen LogP) is 1.18. The molecule has 1 heterocycles. The molecule has 0 atom stereocenters. The van der Waals surface area contributed by atoms with Crippen LogP contribution >= 0.6 is 7.14 Å². The molecule has 2 aromatic carbocycles. The summed E-state index contributed by atoms with van der Waals surface area (Å²) in [6, 6.07) is 17.9. The highest BCUT2D eigenvalue weighted by molar-refractivity contribution is 7.89. The molecular formula is C18H21N4O3PS. The molecule has 0 saturated carbocycles. The third-order valence-electron chi connectivity index (χ3n) is 4.29. The zero-order valence-corrected chi connectivity index (χ0v) is 17.1. The number of rotatable bonds is 6. The van der Waals surface area contributed by atoms with Crippen LogP contribution < -0.4 is 20.9 Å². The summed E-state index contributed by atoms with van der Waals surface area (Å²) in [5, 5.41) is 9.09. The van der Waals surface area contributed by atoms with Crippen molar-refractivity contribution in [2.75, 3.05) is 24.7 Å². The van der Waals surface area contributed by atoms with Crippen molar-refractivity contribution in [3.63, 3.8) is 0 Å². The first-order chi connectivity index (χ1) is 12.8. The largest absolute Gasteiger partial charge is 0.357 e. The first-order valence-corrected chi connectivity index (χ1v) is 11.9. The summed E-state index contributed by atoms with van der Waals surface area (Å²) >= 11 is 0. The Labute approximate surface area is 159 Å². The lowest BCUT2D eigenvalue weighted by Crippen LogP contribution is -2.32. The summed E-state index contributed by atoms with van der Waals surface area (Å²) < 4.78 is 39.8. The first kappa shape index (κ1) is 19.3. The standard InChI is InChI=1S/C18H21N4O3PS/c1-4-21(2)18-17(19-20-22(18)27(3,24)25)26(23,15-11-7-5-8-12-15)16-13-9-6-10-14-16/h5-14H,4H2,1-3H3. The van der Waals surface area contributed by atoms with Crippen molar-refractivity contribution >= 4 is 39.0 Å². The topological polar surface area (TPSA) is 85.2 Å². The highest BCUT2D eigenvalue weighted by atomic mass is 32.2. The second kappa shape index (κ2) is 7.29. The van der Waals surface area contributed by atoms with Gasteiger partial charge in [-0.05, 0) is 12.1 Å². The minimum absolute atomic E-state index is 0.162. The molecular weight excluding hydrogens is 383 g/mol. The van der Waals surface area contributed by atoms with E-state index in [0.29, 0.717) is 17.2 Å². The maximum absolute atomic E-state index is 14.5. The van der Waals surface area contributed by atoms with E-state index in [1.807, 2.05) is 19.1 Å². The lowest BCUT2D eigenvalue weighted by molar-refractivity contribution is 0.582. The van der Waals surface area contributed by atoms with Crippen molar-refractivity contribution in [2.45, 2.75) is 6.92 Å². The van der Waals surface area contributed by atoms with Crippen LogP contribution in [0.2, 0.25) is 0 Å². The van der Waals surface area contributed by atoms with Gasteiger partial charge in [-0.25, -0.2) is 8.42 Å². The number of nitrogens with zero attached hydrogens (tertiary/aromatic N) is 4. The average Bonchev–Trinajstić information content (AvgIpc) is 3.14. The monoisotopic (exact) mass is 404 g/mol. The molecule has 0 amide bonds. The number of anilines is 1. The van der Waals surface area contributed by atoms with Crippen LogP contribution in [0.5, 0.6) is 0 Å². The summed E-state index contributed by atoms with van der Waals surface area (Å²) in [5.74, 6) is 0.219. The molecule has 0 fully saturated rings. The minimum Gasteiger partial charge on any atom is -0.357 e. The van der Waals surface area contributed by atoms with Gasteiger partial charge in [0.2, 0.25) is 0 Å². The van der Waals surface area contributed by atoms with Gasteiger partial charge in [0.25, 0.3) is 10.0 Å². The van der Waals surface area contributed by atoms with Gasteiger partial charge in [0.15, 0.2) is 18.4 Å². The van der Waals surface area contributed by atoms with E-state index in [1.54, 1.807) is 60.5 Å². The smallest absolute Gasteiger partial charge is 0.254 e. The van der Waals surface area contributed by atoms with E-state index in [9.17, 15) is 13.0 Å². The van der Waals surface area contributed by atoms with Gasteiger partial charge in [-0.2, -0.15) is 0 Å². The van der Waals surface area contributed by atoms with E-state index in [1.165, 1.54) is 0 Å². The van der Waals surface area contributed by atoms with Gasteiger partial charge in [0, 0.05) is 24.2 Å². The van der Waals surface area contributed by atoms with E-state index in [-0.39, 0.29) is 11.3 Å². The molecule has 0 aliphatic carbocycles. The summed E-state index contributed by atoms with van der Waals surface area (Å²) in [6.45, 7) is 2.37. The predicted molar refractivity (Wildman–Crippen MR) is 109 cm³/mol. The van der Waals surface area contributed by atoms with Gasteiger partial charge in [-0.15, -0.1) is 9.19 Å². The molecule has 3 aromatic rings.